The summed E-state index contributed by atoms with van der Waals surface area (Å²) in [6, 6.07) is 16.7. The molecule has 0 heterocycles. The molecule has 0 saturated carbocycles. The lowest BCUT2D eigenvalue weighted by atomic mass is 10.1. The van der Waals surface area contributed by atoms with Gasteiger partial charge in [0.2, 0.25) is 0 Å². The Morgan fingerprint density at radius 3 is 1.89 bits per heavy atom. The van der Waals surface area contributed by atoms with E-state index in [0.29, 0.717) is 5.92 Å². The lowest BCUT2D eigenvalue weighted by Crippen LogP contribution is -2.12. The molecule has 98 valence electrons. The van der Waals surface area contributed by atoms with E-state index in [4.69, 9.17) is 0 Å². The monoisotopic (exact) mass is 270 g/mol. The van der Waals surface area contributed by atoms with Crippen LogP contribution in [0.3, 0.4) is 0 Å². The van der Waals surface area contributed by atoms with Crippen LogP contribution in [0.15, 0.2) is 48.5 Å². The fraction of sp³-hybridized carbons (Fsp3) is 0.294. The van der Waals surface area contributed by atoms with Crippen molar-refractivity contribution in [3.05, 3.63) is 59.7 Å². The molecule has 2 aromatic rings. The van der Waals surface area contributed by atoms with Crippen molar-refractivity contribution in [1.29, 1.82) is 0 Å². The highest BCUT2D eigenvalue weighted by molar-refractivity contribution is 7.85. The number of fused-ring (bicyclic) bond motifs is 3. The second-order valence-corrected chi connectivity index (χ2v) is 7.06. The van der Waals surface area contributed by atoms with Gasteiger partial charge in [0, 0.05) is 16.6 Å². The normalized spacial score (nSPS) is 15.3. The molecule has 0 spiro atoms. The van der Waals surface area contributed by atoms with E-state index in [1.54, 1.807) is 0 Å². The summed E-state index contributed by atoms with van der Waals surface area (Å²) < 4.78 is 12.7. The van der Waals surface area contributed by atoms with Crippen molar-refractivity contribution in [2.45, 2.75) is 19.1 Å². The predicted molar refractivity (Wildman–Crippen MR) is 81.6 cm³/mol. The number of rotatable bonds is 3. The van der Waals surface area contributed by atoms with E-state index in [1.165, 1.54) is 22.3 Å². The topological polar surface area (TPSA) is 17.1 Å². The van der Waals surface area contributed by atoms with Crippen molar-refractivity contribution in [1.82, 2.24) is 0 Å². The first-order valence-corrected chi connectivity index (χ1v) is 8.12. The van der Waals surface area contributed by atoms with Gasteiger partial charge < -0.3 is 0 Å². The minimum Gasteiger partial charge on any atom is -0.259 e. The molecule has 1 atom stereocenters. The van der Waals surface area contributed by atoms with Gasteiger partial charge in [-0.25, -0.2) is 0 Å². The van der Waals surface area contributed by atoms with Crippen LogP contribution >= 0.6 is 0 Å². The highest BCUT2D eigenvalue weighted by atomic mass is 32.2. The summed E-state index contributed by atoms with van der Waals surface area (Å²) in [5, 5.41) is 0.0507. The molecule has 0 N–H and O–H groups in total. The minimum absolute atomic E-state index is 0.0507. The average Bonchev–Trinajstić information content (AvgIpc) is 2.72. The van der Waals surface area contributed by atoms with Gasteiger partial charge in [0.05, 0.1) is 5.25 Å². The van der Waals surface area contributed by atoms with Crippen LogP contribution in [0.25, 0.3) is 11.1 Å². The zero-order valence-electron chi connectivity index (χ0n) is 11.3. The maximum absolute atomic E-state index is 12.7. The third kappa shape index (κ3) is 2.14. The van der Waals surface area contributed by atoms with E-state index < -0.39 is 10.8 Å². The Bertz CT molecular complexity index is 585. The minimum atomic E-state index is -0.848. The van der Waals surface area contributed by atoms with Gasteiger partial charge in [0.1, 0.15) is 0 Å². The van der Waals surface area contributed by atoms with Crippen molar-refractivity contribution in [2.24, 2.45) is 5.92 Å². The van der Waals surface area contributed by atoms with Crippen molar-refractivity contribution in [3.63, 3.8) is 0 Å². The summed E-state index contributed by atoms with van der Waals surface area (Å²) in [6.07, 6.45) is 0. The lowest BCUT2D eigenvalue weighted by molar-refractivity contribution is 0.660. The maximum atomic E-state index is 12.7. The van der Waals surface area contributed by atoms with Crippen LogP contribution < -0.4 is 0 Å². The third-order valence-electron chi connectivity index (χ3n) is 3.54. The fourth-order valence-electron chi connectivity index (χ4n) is 2.82. The van der Waals surface area contributed by atoms with Gasteiger partial charge in [-0.15, -0.1) is 0 Å². The van der Waals surface area contributed by atoms with Gasteiger partial charge in [-0.05, 0) is 28.2 Å². The van der Waals surface area contributed by atoms with Crippen LogP contribution in [0.2, 0.25) is 0 Å². The predicted octanol–water partition coefficient (Wildman–Crippen LogP) is 4.16. The second kappa shape index (κ2) is 4.93. The Kier molecular flexibility index (Phi) is 3.28. The van der Waals surface area contributed by atoms with E-state index in [9.17, 15) is 4.21 Å². The largest absolute Gasteiger partial charge is 0.259 e. The molecule has 1 aliphatic rings. The first kappa shape index (κ1) is 12.6. The van der Waals surface area contributed by atoms with Crippen LogP contribution in [0.1, 0.15) is 30.2 Å². The van der Waals surface area contributed by atoms with E-state index >= 15 is 0 Å². The van der Waals surface area contributed by atoms with Gasteiger partial charge in [-0.1, -0.05) is 62.4 Å². The second-order valence-electron chi connectivity index (χ2n) is 5.50. The molecule has 19 heavy (non-hydrogen) atoms. The summed E-state index contributed by atoms with van der Waals surface area (Å²) in [6.45, 7) is 4.26. The maximum Gasteiger partial charge on any atom is 0.0858 e. The smallest absolute Gasteiger partial charge is 0.0858 e. The quantitative estimate of drug-likeness (QED) is 0.818. The summed E-state index contributed by atoms with van der Waals surface area (Å²) in [5.74, 6) is 1.22. The van der Waals surface area contributed by atoms with E-state index in [2.05, 4.69) is 50.2 Å². The molecule has 1 nitrogen and oxygen atoms in total. The SMILES string of the molecule is CC(C)CS(=O)C1c2ccccc2-c2ccccc21. The Morgan fingerprint density at radius 2 is 1.42 bits per heavy atom. The van der Waals surface area contributed by atoms with Crippen molar-refractivity contribution >= 4 is 10.8 Å². The summed E-state index contributed by atoms with van der Waals surface area (Å²) >= 11 is 0. The lowest BCUT2D eigenvalue weighted by Gasteiger charge is -2.14. The van der Waals surface area contributed by atoms with Gasteiger partial charge >= 0.3 is 0 Å². The Balaban J connectivity index is 2.12. The van der Waals surface area contributed by atoms with E-state index in [1.807, 2.05) is 12.1 Å². The average molecular weight is 270 g/mol. The molecular weight excluding hydrogens is 252 g/mol. The molecule has 1 unspecified atom stereocenters. The zero-order valence-corrected chi connectivity index (χ0v) is 12.1. The molecule has 0 aliphatic heterocycles. The molecule has 0 amide bonds. The van der Waals surface area contributed by atoms with Gasteiger partial charge in [0.25, 0.3) is 0 Å². The van der Waals surface area contributed by atoms with Crippen molar-refractivity contribution < 1.29 is 4.21 Å². The molecule has 3 rings (SSSR count). The molecule has 0 radical (unpaired) electrons. The fourth-order valence-corrected chi connectivity index (χ4v) is 4.64. The van der Waals surface area contributed by atoms with Crippen LogP contribution in [0.5, 0.6) is 0 Å². The Labute approximate surface area is 117 Å². The van der Waals surface area contributed by atoms with Crippen LogP contribution in [-0.2, 0) is 10.8 Å². The first-order valence-electron chi connectivity index (χ1n) is 6.74. The molecule has 0 fully saturated rings. The van der Waals surface area contributed by atoms with Gasteiger partial charge in [-0.3, -0.25) is 4.21 Å². The van der Waals surface area contributed by atoms with Crippen molar-refractivity contribution in [3.8, 4) is 11.1 Å². The molecule has 0 bridgehead atoms. The van der Waals surface area contributed by atoms with Crippen LogP contribution in [0, 0.1) is 5.92 Å². The molecule has 2 aromatic carbocycles. The number of benzene rings is 2. The molecule has 2 heteroatoms. The third-order valence-corrected chi connectivity index (χ3v) is 5.57. The molecule has 0 saturated heterocycles. The van der Waals surface area contributed by atoms with Crippen LogP contribution in [0.4, 0.5) is 0 Å². The molecule has 0 aromatic heterocycles. The van der Waals surface area contributed by atoms with Gasteiger partial charge in [-0.2, -0.15) is 0 Å². The number of hydrogen-bond acceptors (Lipinski definition) is 1. The highest BCUT2D eigenvalue weighted by Crippen LogP contribution is 2.46. The van der Waals surface area contributed by atoms with E-state index in [-0.39, 0.29) is 5.25 Å². The molecular formula is C17H18OS. The highest BCUT2D eigenvalue weighted by Gasteiger charge is 2.32. The Morgan fingerprint density at radius 1 is 0.947 bits per heavy atom. The van der Waals surface area contributed by atoms with E-state index in [0.717, 1.165) is 5.75 Å². The van der Waals surface area contributed by atoms with Crippen LogP contribution in [-0.4, -0.2) is 9.96 Å². The Hall–Kier alpha value is -1.41. The summed E-state index contributed by atoms with van der Waals surface area (Å²) in [5.41, 5.74) is 4.95. The molecule has 1 aliphatic carbocycles. The standard InChI is InChI=1S/C17H18OS/c1-12(2)11-19(18)17-15-9-5-3-7-13(15)14-8-4-6-10-16(14)17/h3-10,12,17H,11H2,1-2H3. The zero-order chi connectivity index (χ0) is 13.4. The first-order chi connectivity index (χ1) is 9.18. The van der Waals surface area contributed by atoms with Crippen molar-refractivity contribution in [2.75, 3.05) is 5.75 Å². The number of hydrogen-bond donors (Lipinski definition) is 0. The summed E-state index contributed by atoms with van der Waals surface area (Å²) in [7, 11) is -0.848. The summed E-state index contributed by atoms with van der Waals surface area (Å²) in [4.78, 5) is 0. The van der Waals surface area contributed by atoms with Gasteiger partial charge in [0.15, 0.2) is 0 Å².